The Hall–Kier alpha value is -3.91. The molecule has 1 aromatic heterocycles. The number of carbonyl (C=O) groups excluding carboxylic acids is 2. The Morgan fingerprint density at radius 2 is 2.00 bits per heavy atom. The highest BCUT2D eigenvalue weighted by atomic mass is 32.1. The number of nitrogens with two attached hydrogens (primary N) is 1. The third-order valence-corrected chi connectivity index (χ3v) is 8.43. The van der Waals surface area contributed by atoms with Crippen LogP contribution in [0.1, 0.15) is 59.1 Å². The number of aryl methyl sites for hydroxylation is 2. The van der Waals surface area contributed by atoms with Gasteiger partial charge in [0.25, 0.3) is 17.6 Å². The summed E-state index contributed by atoms with van der Waals surface area (Å²) in [4.78, 5) is 42.5. The summed E-state index contributed by atoms with van der Waals surface area (Å²) in [6, 6.07) is 7.04. The predicted octanol–water partition coefficient (Wildman–Crippen LogP) is 3.51. The van der Waals surface area contributed by atoms with Gasteiger partial charge in [-0.2, -0.15) is 10.8 Å². The first-order valence-electron chi connectivity index (χ1n) is 12.8. The van der Waals surface area contributed by atoms with Crippen molar-refractivity contribution in [3.63, 3.8) is 0 Å². The molecule has 10 heteroatoms. The van der Waals surface area contributed by atoms with E-state index in [1.54, 1.807) is 53.9 Å². The molecule has 4 heterocycles. The highest BCUT2D eigenvalue weighted by Gasteiger charge is 2.48. The van der Waals surface area contributed by atoms with Crippen LogP contribution in [0.25, 0.3) is 0 Å². The zero-order valence-corrected chi connectivity index (χ0v) is 21.9. The molecule has 0 saturated carbocycles. The van der Waals surface area contributed by atoms with Gasteiger partial charge in [0.2, 0.25) is 5.70 Å². The Balaban J connectivity index is 1.26. The van der Waals surface area contributed by atoms with Crippen molar-refractivity contribution in [2.45, 2.75) is 51.5 Å². The van der Waals surface area contributed by atoms with Gasteiger partial charge in [-0.05, 0) is 75.6 Å². The van der Waals surface area contributed by atoms with E-state index in [-0.39, 0.29) is 22.4 Å². The van der Waals surface area contributed by atoms with Crippen LogP contribution in [0, 0.1) is 11.8 Å². The average Bonchev–Trinajstić information content (AvgIpc) is 3.64. The van der Waals surface area contributed by atoms with E-state index in [1.165, 1.54) is 11.3 Å². The van der Waals surface area contributed by atoms with E-state index in [0.29, 0.717) is 23.1 Å². The fourth-order valence-corrected chi connectivity index (χ4v) is 6.51. The third kappa shape index (κ3) is 4.19. The highest BCUT2D eigenvalue weighted by Crippen LogP contribution is 2.37. The van der Waals surface area contributed by atoms with Gasteiger partial charge in [-0.1, -0.05) is 5.92 Å². The molecular weight excluding hydrogens is 498 g/mol. The first-order chi connectivity index (χ1) is 18.5. The molecule has 1 aliphatic carbocycles. The van der Waals surface area contributed by atoms with Crippen molar-refractivity contribution < 1.29 is 14.2 Å². The molecule has 0 radical (unpaired) electrons. The number of hydrogen-bond acceptors (Lipinski definition) is 7. The number of carbonyl (C=O) groups is 2. The van der Waals surface area contributed by atoms with Gasteiger partial charge < -0.3 is 4.90 Å². The van der Waals surface area contributed by atoms with Crippen LogP contribution in [0.15, 0.2) is 58.0 Å². The number of amides is 2. The fourth-order valence-electron chi connectivity index (χ4n) is 5.47. The first-order valence-corrected chi connectivity index (χ1v) is 13.7. The summed E-state index contributed by atoms with van der Waals surface area (Å²) in [6.07, 6.45) is 11.1. The van der Waals surface area contributed by atoms with Crippen molar-refractivity contribution >= 4 is 40.3 Å². The van der Waals surface area contributed by atoms with E-state index in [4.69, 9.17) is 10.8 Å². The molecule has 1 fully saturated rings. The van der Waals surface area contributed by atoms with Gasteiger partial charge in [0.1, 0.15) is 11.9 Å². The van der Waals surface area contributed by atoms with Crippen molar-refractivity contribution in [2.75, 3.05) is 11.9 Å². The number of allylic oxidation sites excluding steroid dienone is 1. The third-order valence-electron chi connectivity index (χ3n) is 7.36. The Morgan fingerprint density at radius 1 is 1.18 bits per heavy atom. The number of thiazole rings is 1. The first kappa shape index (κ1) is 24.4. The topological polar surface area (TPSA) is 113 Å². The van der Waals surface area contributed by atoms with Gasteiger partial charge in [-0.15, -0.1) is 15.9 Å². The molecule has 4 aliphatic rings. The number of quaternary nitrogens is 1. The van der Waals surface area contributed by atoms with Gasteiger partial charge in [0.05, 0.1) is 29.7 Å². The van der Waals surface area contributed by atoms with E-state index in [2.05, 4.69) is 27.1 Å². The average molecular weight is 527 g/mol. The standard InChI is InChI=1S/C28H27N7O2S/c1-2-6-24(36)34-15-5-8-21(34)25-22-17-30-14-16-35(22,29)26(32-25)18-10-12-19(13-11-18)27(37)33-28-31-20-7-3-4-9-23(20)38-28/h10-14,16-17,21H,3-5,7-9,15,29H2,1H3/p+1. The summed E-state index contributed by atoms with van der Waals surface area (Å²) in [5.41, 5.74) is 3.88. The van der Waals surface area contributed by atoms with Crippen molar-refractivity contribution in [3.05, 3.63) is 69.8 Å². The fraction of sp³-hybridized carbons (Fsp3) is 0.321. The molecule has 1 aromatic carbocycles. The summed E-state index contributed by atoms with van der Waals surface area (Å²) in [6.45, 7) is 2.29. The van der Waals surface area contributed by atoms with Crippen molar-refractivity contribution in [2.24, 2.45) is 15.8 Å². The van der Waals surface area contributed by atoms with Crippen LogP contribution in [-0.4, -0.2) is 50.9 Å². The van der Waals surface area contributed by atoms with Gasteiger partial charge in [0.15, 0.2) is 5.13 Å². The van der Waals surface area contributed by atoms with Crippen molar-refractivity contribution in [1.82, 2.24) is 9.88 Å². The number of nitrogens with one attached hydrogen (secondary N) is 1. The maximum absolute atomic E-state index is 12.9. The number of rotatable bonds is 4. The number of aliphatic imine (C=N–C) groups is 2. The summed E-state index contributed by atoms with van der Waals surface area (Å²) in [5, 5.41) is 3.60. The second-order valence-corrected chi connectivity index (χ2v) is 10.8. The number of anilines is 1. The molecule has 0 spiro atoms. The van der Waals surface area contributed by atoms with E-state index >= 15 is 0 Å². The molecule has 2 amide bonds. The van der Waals surface area contributed by atoms with Gasteiger partial charge in [-0.3, -0.25) is 19.9 Å². The van der Waals surface area contributed by atoms with Crippen molar-refractivity contribution in [3.8, 4) is 11.8 Å². The molecule has 1 saturated heterocycles. The van der Waals surface area contributed by atoms with Gasteiger partial charge >= 0.3 is 0 Å². The number of amidine groups is 1. The van der Waals surface area contributed by atoms with Crippen LogP contribution < -0.4 is 11.2 Å². The number of hydrogen-bond donors (Lipinski definition) is 2. The number of likely N-dealkylation sites (tertiary alicyclic amines) is 1. The lowest BCUT2D eigenvalue weighted by molar-refractivity contribution is -0.750. The van der Waals surface area contributed by atoms with E-state index in [9.17, 15) is 9.59 Å². The monoisotopic (exact) mass is 526 g/mol. The number of nitrogens with zero attached hydrogens (tertiary/aromatic N) is 5. The van der Waals surface area contributed by atoms with E-state index < -0.39 is 0 Å². The Kier molecular flexibility index (Phi) is 6.27. The van der Waals surface area contributed by atoms with E-state index in [1.807, 2.05) is 12.1 Å². The molecule has 2 atom stereocenters. The number of aromatic nitrogens is 1. The summed E-state index contributed by atoms with van der Waals surface area (Å²) >= 11 is 1.57. The highest BCUT2D eigenvalue weighted by molar-refractivity contribution is 7.15. The van der Waals surface area contributed by atoms with Gasteiger partial charge in [0, 0.05) is 17.0 Å². The summed E-state index contributed by atoms with van der Waals surface area (Å²) in [7, 11) is 0. The lowest BCUT2D eigenvalue weighted by atomic mass is 10.0. The van der Waals surface area contributed by atoms with Crippen molar-refractivity contribution in [1.29, 1.82) is 0 Å². The minimum Gasteiger partial charge on any atom is -0.323 e. The number of fused-ring (bicyclic) bond motifs is 2. The zero-order chi connectivity index (χ0) is 26.3. The van der Waals surface area contributed by atoms with Crippen LogP contribution in [0.5, 0.6) is 0 Å². The maximum atomic E-state index is 12.9. The number of benzene rings is 1. The molecule has 9 nitrogen and oxygen atoms in total. The molecule has 0 bridgehead atoms. The smallest absolute Gasteiger partial charge is 0.299 e. The quantitative estimate of drug-likeness (QED) is 0.361. The molecule has 192 valence electrons. The van der Waals surface area contributed by atoms with Crippen LogP contribution in [0.2, 0.25) is 0 Å². The molecule has 2 aromatic rings. The normalized spacial score (nSPS) is 23.5. The second kappa shape index (κ2) is 9.76. The van der Waals surface area contributed by atoms with E-state index in [0.717, 1.165) is 54.8 Å². The molecule has 3 aliphatic heterocycles. The Bertz CT molecular complexity index is 1480. The second-order valence-electron chi connectivity index (χ2n) is 9.72. The molecule has 38 heavy (non-hydrogen) atoms. The Labute approximate surface area is 225 Å². The Morgan fingerprint density at radius 3 is 2.79 bits per heavy atom. The minimum absolute atomic E-state index is 0.146. The van der Waals surface area contributed by atoms with Gasteiger partial charge in [-0.25, -0.2) is 4.98 Å². The van der Waals surface area contributed by atoms with Crippen LogP contribution >= 0.6 is 11.3 Å². The molecule has 2 unspecified atom stereocenters. The lowest BCUT2D eigenvalue weighted by Crippen LogP contribution is -2.53. The lowest BCUT2D eigenvalue weighted by Gasteiger charge is -2.27. The molecule has 3 N–H and O–H groups in total. The summed E-state index contributed by atoms with van der Waals surface area (Å²) in [5.74, 6) is 12.4. The summed E-state index contributed by atoms with van der Waals surface area (Å²) < 4.78 is -0.146. The van der Waals surface area contributed by atoms with Crippen LogP contribution in [-0.2, 0) is 17.6 Å². The van der Waals surface area contributed by atoms with Crippen LogP contribution in [0.4, 0.5) is 5.13 Å². The predicted molar refractivity (Wildman–Crippen MR) is 147 cm³/mol. The van der Waals surface area contributed by atoms with Crippen LogP contribution in [0.3, 0.4) is 0 Å². The molecule has 6 rings (SSSR count). The zero-order valence-electron chi connectivity index (χ0n) is 21.1. The minimum atomic E-state index is -0.218. The largest absolute Gasteiger partial charge is 0.323 e. The SMILES string of the molecule is CC#CC(=O)N1CCCC1C1=C2C=NC=C[N+]2(N)C(c2ccc(C(=O)Nc3nc4c(s3)CCCC4)cc2)=N1. The maximum Gasteiger partial charge on any atom is 0.299 e. The molecular formula is C28H28N7O2S+.